The van der Waals surface area contributed by atoms with Crippen LogP contribution in [-0.4, -0.2) is 19.1 Å². The van der Waals surface area contributed by atoms with Gasteiger partial charge in [-0.2, -0.15) is 26.9 Å². The number of nitro benzene ring substituents is 1. The zero-order valence-corrected chi connectivity index (χ0v) is 14.1. The van der Waals surface area contributed by atoms with Crippen molar-refractivity contribution in [1.29, 1.82) is 5.26 Å². The summed E-state index contributed by atoms with van der Waals surface area (Å²) in [6, 6.07) is 3.10. The van der Waals surface area contributed by atoms with Crippen molar-refractivity contribution in [2.45, 2.75) is 23.9 Å². The van der Waals surface area contributed by atoms with Gasteiger partial charge in [-0.25, -0.2) is 0 Å². The second-order valence-corrected chi connectivity index (χ2v) is 6.70. The van der Waals surface area contributed by atoms with Crippen LogP contribution in [0.1, 0.15) is 18.4 Å². The van der Waals surface area contributed by atoms with Gasteiger partial charge in [0.15, 0.2) is 0 Å². The molecule has 0 fully saturated rings. The van der Waals surface area contributed by atoms with E-state index in [0.29, 0.717) is 17.7 Å². The molecule has 1 aliphatic carbocycles. The van der Waals surface area contributed by atoms with Crippen molar-refractivity contribution in [3.05, 3.63) is 57.7 Å². The number of benzene rings is 1. The number of nitrogens with zero attached hydrogens (tertiary/aromatic N) is 3. The minimum Gasteiger partial charge on any atom is -0.264 e. The van der Waals surface area contributed by atoms with Crippen molar-refractivity contribution in [2.75, 3.05) is 0 Å². The summed E-state index contributed by atoms with van der Waals surface area (Å²) >= 11 is 0. The summed E-state index contributed by atoms with van der Waals surface area (Å²) in [7, 11) is -4.98. The lowest BCUT2D eigenvalue weighted by atomic mass is 10.0. The van der Waals surface area contributed by atoms with Crippen molar-refractivity contribution in [1.82, 2.24) is 0 Å². The number of rotatable bonds is 5. The summed E-state index contributed by atoms with van der Waals surface area (Å²) < 4.78 is 67.9. The highest BCUT2D eigenvalue weighted by Gasteiger charge is 2.39. The molecule has 0 aromatic heterocycles. The minimum atomic E-state index is -5.16. The van der Waals surface area contributed by atoms with E-state index in [-0.39, 0.29) is 24.6 Å². The Labute approximate surface area is 151 Å². The maximum absolute atomic E-state index is 13.1. The third kappa shape index (κ3) is 4.91. The topological polar surface area (TPSA) is 123 Å². The standard InChI is InChI=1S/C15H10F3N3O5S/c16-15(17,18)13-9-12(21(22)23)5-6-14(13)27(24,25)26-20-11-3-1-10(2-4-11)7-8-19/h1-3,5-6,9H,4,7H2. The molecule has 0 atom stereocenters. The highest BCUT2D eigenvalue weighted by molar-refractivity contribution is 7.86. The molecule has 0 amide bonds. The van der Waals surface area contributed by atoms with E-state index in [2.05, 4.69) is 9.44 Å². The maximum Gasteiger partial charge on any atom is 0.418 e. The predicted octanol–water partition coefficient (Wildman–Crippen LogP) is 3.47. The maximum atomic E-state index is 13.1. The number of oxime groups is 1. The first-order chi connectivity index (χ1) is 12.5. The fourth-order valence-electron chi connectivity index (χ4n) is 2.07. The van der Waals surface area contributed by atoms with Gasteiger partial charge in [-0.1, -0.05) is 17.3 Å². The first-order valence-corrected chi connectivity index (χ1v) is 8.55. The van der Waals surface area contributed by atoms with Gasteiger partial charge in [0.1, 0.15) is 4.90 Å². The average Bonchev–Trinajstić information content (AvgIpc) is 2.60. The molecule has 0 saturated heterocycles. The molecular formula is C15H10F3N3O5S. The molecule has 142 valence electrons. The molecule has 1 aromatic rings. The fraction of sp³-hybridized carbons (Fsp3) is 0.200. The van der Waals surface area contributed by atoms with Crippen LogP contribution in [0.2, 0.25) is 0 Å². The van der Waals surface area contributed by atoms with Crippen molar-refractivity contribution >= 4 is 21.5 Å². The van der Waals surface area contributed by atoms with E-state index >= 15 is 0 Å². The smallest absolute Gasteiger partial charge is 0.264 e. The molecule has 1 aromatic carbocycles. The van der Waals surface area contributed by atoms with Crippen molar-refractivity contribution in [3.8, 4) is 6.07 Å². The monoisotopic (exact) mass is 401 g/mol. The minimum absolute atomic E-state index is 0.107. The normalized spacial score (nSPS) is 15.9. The number of non-ortho nitro benzene ring substituents is 1. The Balaban J connectivity index is 2.32. The van der Waals surface area contributed by atoms with Gasteiger partial charge in [0, 0.05) is 18.6 Å². The zero-order chi connectivity index (χ0) is 20.2. The number of alkyl halides is 3. The van der Waals surface area contributed by atoms with Crippen LogP contribution in [0.3, 0.4) is 0 Å². The van der Waals surface area contributed by atoms with Crippen LogP contribution in [0.15, 0.2) is 52.1 Å². The number of hydrogen-bond acceptors (Lipinski definition) is 7. The summed E-state index contributed by atoms with van der Waals surface area (Å²) in [4.78, 5) is 8.28. The third-order valence-corrected chi connectivity index (χ3v) is 4.51. The first kappa shape index (κ1) is 20.1. The van der Waals surface area contributed by atoms with E-state index in [1.54, 1.807) is 6.08 Å². The number of hydrogen-bond donors (Lipinski definition) is 0. The number of nitriles is 1. The van der Waals surface area contributed by atoms with Gasteiger partial charge < -0.3 is 0 Å². The largest absolute Gasteiger partial charge is 0.418 e. The van der Waals surface area contributed by atoms with Gasteiger partial charge in [-0.15, -0.1) is 0 Å². The summed E-state index contributed by atoms with van der Waals surface area (Å²) in [5.41, 5.74) is -1.87. The van der Waals surface area contributed by atoms with Crippen molar-refractivity contribution in [3.63, 3.8) is 0 Å². The second-order valence-electron chi connectivity index (χ2n) is 5.20. The Morgan fingerprint density at radius 1 is 1.33 bits per heavy atom. The molecule has 0 unspecified atom stereocenters. The van der Waals surface area contributed by atoms with E-state index in [1.165, 1.54) is 12.2 Å². The van der Waals surface area contributed by atoms with Gasteiger partial charge in [-0.3, -0.25) is 14.4 Å². The van der Waals surface area contributed by atoms with Crippen LogP contribution in [0.4, 0.5) is 18.9 Å². The molecule has 0 saturated carbocycles. The van der Waals surface area contributed by atoms with Crippen molar-refractivity contribution in [2.24, 2.45) is 5.16 Å². The number of allylic oxidation sites excluding steroid dienone is 4. The van der Waals surface area contributed by atoms with E-state index in [1.807, 2.05) is 6.07 Å². The lowest BCUT2D eigenvalue weighted by Crippen LogP contribution is -2.15. The third-order valence-electron chi connectivity index (χ3n) is 3.35. The molecule has 0 N–H and O–H groups in total. The van der Waals surface area contributed by atoms with Crippen LogP contribution in [0, 0.1) is 21.4 Å². The van der Waals surface area contributed by atoms with E-state index in [0.717, 1.165) is 0 Å². The number of nitro groups is 1. The van der Waals surface area contributed by atoms with Gasteiger partial charge in [0.2, 0.25) is 0 Å². The van der Waals surface area contributed by atoms with Gasteiger partial charge >= 0.3 is 16.3 Å². The Bertz CT molecular complexity index is 1000. The fourth-order valence-corrected chi connectivity index (χ4v) is 3.03. The molecular weight excluding hydrogens is 391 g/mol. The molecule has 27 heavy (non-hydrogen) atoms. The van der Waals surface area contributed by atoms with Gasteiger partial charge in [-0.05, 0) is 17.7 Å². The average molecular weight is 401 g/mol. The summed E-state index contributed by atoms with van der Waals surface area (Å²) in [6.07, 6.45) is -0.455. The van der Waals surface area contributed by atoms with E-state index < -0.39 is 37.4 Å². The molecule has 1 aliphatic rings. The molecule has 2 rings (SSSR count). The van der Waals surface area contributed by atoms with E-state index in [4.69, 9.17) is 5.26 Å². The summed E-state index contributed by atoms with van der Waals surface area (Å²) in [5.74, 6) is 0. The lowest BCUT2D eigenvalue weighted by molar-refractivity contribution is -0.385. The Kier molecular flexibility index (Phi) is 5.65. The van der Waals surface area contributed by atoms with Gasteiger partial charge in [0.25, 0.3) is 5.69 Å². The zero-order valence-electron chi connectivity index (χ0n) is 13.3. The highest BCUT2D eigenvalue weighted by Crippen LogP contribution is 2.37. The molecule has 0 heterocycles. The lowest BCUT2D eigenvalue weighted by Gasteiger charge is -2.12. The summed E-state index contributed by atoms with van der Waals surface area (Å²) in [6.45, 7) is 0. The quantitative estimate of drug-likeness (QED) is 0.550. The molecule has 12 heteroatoms. The van der Waals surface area contributed by atoms with Crippen LogP contribution < -0.4 is 0 Å². The van der Waals surface area contributed by atoms with Crippen LogP contribution in [0.5, 0.6) is 0 Å². The Hall–Kier alpha value is -3.20. The van der Waals surface area contributed by atoms with E-state index in [9.17, 15) is 31.7 Å². The Morgan fingerprint density at radius 2 is 2.04 bits per heavy atom. The predicted molar refractivity (Wildman–Crippen MR) is 85.9 cm³/mol. The van der Waals surface area contributed by atoms with Crippen LogP contribution in [0.25, 0.3) is 0 Å². The molecule has 0 spiro atoms. The van der Waals surface area contributed by atoms with Crippen LogP contribution >= 0.6 is 0 Å². The molecule has 0 radical (unpaired) electrons. The highest BCUT2D eigenvalue weighted by atomic mass is 32.2. The molecule has 0 bridgehead atoms. The molecule has 8 nitrogen and oxygen atoms in total. The SMILES string of the molecule is N#CCC1=CCC(=NOS(=O)(=O)c2ccc([N+](=O)[O-])cc2C(F)(F)F)C=C1. The Morgan fingerprint density at radius 3 is 2.56 bits per heavy atom. The first-order valence-electron chi connectivity index (χ1n) is 7.15. The molecule has 0 aliphatic heterocycles. The van der Waals surface area contributed by atoms with Gasteiger partial charge in [0.05, 0.1) is 28.7 Å². The van der Waals surface area contributed by atoms with Crippen LogP contribution in [-0.2, 0) is 20.6 Å². The number of halogens is 3. The second kappa shape index (κ2) is 7.58. The summed E-state index contributed by atoms with van der Waals surface area (Å²) in [5, 5.41) is 22.5. The van der Waals surface area contributed by atoms with Crippen molar-refractivity contribution < 1.29 is 30.8 Å².